The Hall–Kier alpha value is -2.12. The smallest absolute Gasteiger partial charge is 0.246 e. The van der Waals surface area contributed by atoms with Gasteiger partial charge in [-0.3, -0.25) is 9.59 Å². The molecule has 4 heterocycles. The van der Waals surface area contributed by atoms with Crippen LogP contribution >= 0.6 is 0 Å². The third kappa shape index (κ3) is 3.94. The molecule has 7 heteroatoms. The predicted molar refractivity (Wildman–Crippen MR) is 114 cm³/mol. The van der Waals surface area contributed by atoms with Gasteiger partial charge in [0.15, 0.2) is 0 Å². The average Bonchev–Trinajstić information content (AvgIpc) is 3.02. The standard InChI is InChI=1S/C24H32N2O5/c1-16-12-24(15-29-14-22(27)25-24)21-13-31-18-8-6-17(7-9-18)19-4-2-3-5-20(19)30-11-10-23(28)26(16)21/h2-5,16-18,21H,6-15H2,1H3,(H,25,27)/t16-,17?,18?,21-,24+/m1/s1. The van der Waals surface area contributed by atoms with Gasteiger partial charge in [-0.2, -0.15) is 0 Å². The normalized spacial score (nSPS) is 36.4. The van der Waals surface area contributed by atoms with Crippen molar-refractivity contribution in [1.29, 1.82) is 0 Å². The highest BCUT2D eigenvalue weighted by Gasteiger charge is 2.55. The van der Waals surface area contributed by atoms with Crippen molar-refractivity contribution in [3.63, 3.8) is 0 Å². The molecule has 4 aliphatic heterocycles. The lowest BCUT2D eigenvalue weighted by Gasteiger charge is -2.42. The van der Waals surface area contributed by atoms with Gasteiger partial charge >= 0.3 is 0 Å². The Labute approximate surface area is 183 Å². The van der Waals surface area contributed by atoms with E-state index in [9.17, 15) is 9.59 Å². The van der Waals surface area contributed by atoms with Crippen LogP contribution in [0.15, 0.2) is 24.3 Å². The maximum atomic E-state index is 13.3. The van der Waals surface area contributed by atoms with Crippen molar-refractivity contribution in [2.24, 2.45) is 0 Å². The fraction of sp³-hybridized carbons (Fsp3) is 0.667. The van der Waals surface area contributed by atoms with Gasteiger partial charge < -0.3 is 24.4 Å². The van der Waals surface area contributed by atoms with Crippen molar-refractivity contribution in [2.45, 2.75) is 75.1 Å². The zero-order valence-electron chi connectivity index (χ0n) is 18.2. The predicted octanol–water partition coefficient (Wildman–Crippen LogP) is 2.39. The summed E-state index contributed by atoms with van der Waals surface area (Å²) in [5.74, 6) is 1.28. The van der Waals surface area contributed by atoms with Crippen LogP contribution in [-0.2, 0) is 19.1 Å². The largest absolute Gasteiger partial charge is 0.493 e. The third-order valence-electron chi connectivity index (χ3n) is 7.47. The van der Waals surface area contributed by atoms with E-state index in [2.05, 4.69) is 17.4 Å². The summed E-state index contributed by atoms with van der Waals surface area (Å²) >= 11 is 0. The highest BCUT2D eigenvalue weighted by Crippen LogP contribution is 2.40. The van der Waals surface area contributed by atoms with Gasteiger partial charge in [-0.15, -0.1) is 0 Å². The molecule has 2 saturated heterocycles. The van der Waals surface area contributed by atoms with E-state index in [0.29, 0.717) is 38.6 Å². The van der Waals surface area contributed by atoms with Crippen molar-refractivity contribution in [3.05, 3.63) is 29.8 Å². The Bertz CT molecular complexity index is 837. The molecule has 31 heavy (non-hydrogen) atoms. The second-order valence-corrected chi connectivity index (χ2v) is 9.51. The number of morpholine rings is 1. The first-order valence-electron chi connectivity index (χ1n) is 11.6. The molecular weight excluding hydrogens is 396 g/mol. The van der Waals surface area contributed by atoms with Crippen LogP contribution in [0.2, 0.25) is 0 Å². The van der Waals surface area contributed by atoms with E-state index in [-0.39, 0.29) is 36.6 Å². The van der Waals surface area contributed by atoms with Gasteiger partial charge in [0.2, 0.25) is 11.8 Å². The summed E-state index contributed by atoms with van der Waals surface area (Å²) in [6.07, 6.45) is 5.27. The number of hydrogen-bond acceptors (Lipinski definition) is 5. The second kappa shape index (κ2) is 8.43. The molecular formula is C24H32N2O5. The molecule has 0 radical (unpaired) electrons. The van der Waals surface area contributed by atoms with Gasteiger partial charge in [0.25, 0.3) is 0 Å². The van der Waals surface area contributed by atoms with Crippen LogP contribution in [0.1, 0.15) is 56.9 Å². The quantitative estimate of drug-likeness (QED) is 0.687. The van der Waals surface area contributed by atoms with E-state index in [1.807, 2.05) is 24.0 Å². The van der Waals surface area contributed by atoms with Crippen LogP contribution in [0, 0.1) is 0 Å². The number of carbonyl (C=O) groups excluding carboxylic acids is 2. The van der Waals surface area contributed by atoms with Gasteiger partial charge in [0, 0.05) is 6.04 Å². The molecule has 1 spiro atoms. The first kappa shape index (κ1) is 20.8. The van der Waals surface area contributed by atoms with Crippen LogP contribution < -0.4 is 10.1 Å². The molecule has 0 aromatic heterocycles. The van der Waals surface area contributed by atoms with Crippen molar-refractivity contribution in [2.75, 3.05) is 26.4 Å². The number of amides is 2. The first-order chi connectivity index (χ1) is 15.1. The fourth-order valence-corrected chi connectivity index (χ4v) is 6.05. The number of nitrogens with one attached hydrogen (secondary N) is 1. The van der Waals surface area contributed by atoms with Crippen LogP contribution in [0.3, 0.4) is 0 Å². The van der Waals surface area contributed by atoms with Gasteiger partial charge in [-0.05, 0) is 56.6 Å². The Morgan fingerprint density at radius 2 is 1.94 bits per heavy atom. The van der Waals surface area contributed by atoms with Crippen LogP contribution in [0.4, 0.5) is 0 Å². The number of nitrogens with zero attached hydrogens (tertiary/aromatic N) is 1. The summed E-state index contributed by atoms with van der Waals surface area (Å²) in [5, 5.41) is 3.16. The molecule has 6 rings (SSSR count). The first-order valence-corrected chi connectivity index (χ1v) is 11.6. The highest BCUT2D eigenvalue weighted by atomic mass is 16.5. The summed E-state index contributed by atoms with van der Waals surface area (Å²) < 4.78 is 18.2. The maximum absolute atomic E-state index is 13.3. The number of rotatable bonds is 0. The van der Waals surface area contributed by atoms with Crippen molar-refractivity contribution in [3.8, 4) is 5.75 Å². The molecule has 168 valence electrons. The van der Waals surface area contributed by atoms with Crippen molar-refractivity contribution >= 4 is 11.8 Å². The summed E-state index contributed by atoms with van der Waals surface area (Å²) in [5.41, 5.74) is 0.672. The van der Waals surface area contributed by atoms with E-state index in [4.69, 9.17) is 14.2 Å². The molecule has 0 unspecified atom stereocenters. The molecule has 1 saturated carbocycles. The highest BCUT2D eigenvalue weighted by molar-refractivity contribution is 5.81. The zero-order valence-corrected chi connectivity index (χ0v) is 18.2. The van der Waals surface area contributed by atoms with Crippen molar-refractivity contribution in [1.82, 2.24) is 10.2 Å². The van der Waals surface area contributed by atoms with Gasteiger partial charge in [-0.1, -0.05) is 18.2 Å². The third-order valence-corrected chi connectivity index (χ3v) is 7.47. The lowest BCUT2D eigenvalue weighted by molar-refractivity contribution is -0.144. The van der Waals surface area contributed by atoms with E-state index in [1.165, 1.54) is 5.56 Å². The monoisotopic (exact) mass is 428 g/mol. The minimum absolute atomic E-state index is 0.000900. The lowest BCUT2D eigenvalue weighted by Crippen LogP contribution is -2.65. The summed E-state index contributed by atoms with van der Waals surface area (Å²) in [7, 11) is 0. The molecule has 2 amide bonds. The number of hydrogen-bond donors (Lipinski definition) is 1. The average molecular weight is 429 g/mol. The minimum atomic E-state index is -0.577. The Morgan fingerprint density at radius 1 is 1.13 bits per heavy atom. The van der Waals surface area contributed by atoms with E-state index in [1.54, 1.807) is 0 Å². The molecule has 1 aromatic carbocycles. The lowest BCUT2D eigenvalue weighted by atomic mass is 9.82. The summed E-state index contributed by atoms with van der Waals surface area (Å²) in [6, 6.07) is 8.00. The second-order valence-electron chi connectivity index (χ2n) is 9.51. The van der Waals surface area contributed by atoms with Gasteiger partial charge in [0.1, 0.15) is 12.4 Å². The van der Waals surface area contributed by atoms with Crippen molar-refractivity contribution < 1.29 is 23.8 Å². The van der Waals surface area contributed by atoms with E-state index < -0.39 is 5.54 Å². The molecule has 1 N–H and O–H groups in total. The number of benzene rings is 1. The Morgan fingerprint density at radius 3 is 2.74 bits per heavy atom. The summed E-state index contributed by atoms with van der Waals surface area (Å²) in [4.78, 5) is 27.4. The van der Waals surface area contributed by atoms with E-state index in [0.717, 1.165) is 31.4 Å². The molecule has 2 bridgehead atoms. The molecule has 1 aromatic rings. The topological polar surface area (TPSA) is 77.1 Å². The molecule has 7 nitrogen and oxygen atoms in total. The minimum Gasteiger partial charge on any atom is -0.493 e. The van der Waals surface area contributed by atoms with E-state index >= 15 is 0 Å². The molecule has 3 atom stereocenters. The number of ether oxygens (including phenoxy) is 3. The number of para-hydroxylation sites is 1. The number of fused-ring (bicyclic) bond motifs is 6. The van der Waals surface area contributed by atoms with Gasteiger partial charge in [-0.25, -0.2) is 0 Å². The Balaban J connectivity index is 1.43. The zero-order chi connectivity index (χ0) is 21.4. The maximum Gasteiger partial charge on any atom is 0.246 e. The fourth-order valence-electron chi connectivity index (χ4n) is 6.05. The van der Waals surface area contributed by atoms with Crippen LogP contribution in [0.25, 0.3) is 0 Å². The molecule has 5 aliphatic rings. The SMILES string of the molecule is C[C@@H]1C[C@]2(COCC(=O)N2)[C@H]2COC3CCC(CC3)c3ccccc3OCCC(=O)N12. The van der Waals surface area contributed by atoms with Crippen LogP contribution in [0.5, 0.6) is 5.75 Å². The van der Waals surface area contributed by atoms with Crippen LogP contribution in [-0.4, -0.2) is 66.9 Å². The van der Waals surface area contributed by atoms with Gasteiger partial charge in [0.05, 0.1) is 43.9 Å². The molecule has 3 fully saturated rings. The number of carbonyl (C=O) groups is 2. The summed E-state index contributed by atoms with van der Waals surface area (Å²) in [6.45, 7) is 3.31. The Kier molecular flexibility index (Phi) is 5.65. The molecule has 1 aliphatic carbocycles.